The van der Waals surface area contributed by atoms with Gasteiger partial charge in [0.25, 0.3) is 0 Å². The second-order valence-corrected chi connectivity index (χ2v) is 6.89. The SMILES string of the molecule is CN1CC=C2C(C#N)=C(N)C(C#N)(C#N)[C@H](c3cccc(Cl)c3)C2C1. The van der Waals surface area contributed by atoms with Crippen molar-refractivity contribution < 1.29 is 0 Å². The standard InChI is InChI=1S/C19H16ClN5/c1-25-6-5-14-15(8-21)18(24)19(10-22,11-23)17(16(14)9-25)12-3-2-4-13(20)7-12/h2-5,7,16-17H,6,9,24H2,1H3/t16?,17-/m1/s1. The third-order valence-electron chi connectivity index (χ3n) is 5.05. The van der Waals surface area contributed by atoms with Gasteiger partial charge in [-0.2, -0.15) is 15.8 Å². The van der Waals surface area contributed by atoms with E-state index in [4.69, 9.17) is 17.3 Å². The molecule has 2 N–H and O–H groups in total. The summed E-state index contributed by atoms with van der Waals surface area (Å²) in [7, 11) is 1.97. The summed E-state index contributed by atoms with van der Waals surface area (Å²) in [4.78, 5) is 2.10. The monoisotopic (exact) mass is 349 g/mol. The molecule has 1 heterocycles. The molecule has 3 rings (SSSR count). The van der Waals surface area contributed by atoms with Crippen molar-refractivity contribution in [3.05, 3.63) is 57.8 Å². The van der Waals surface area contributed by atoms with Crippen LogP contribution in [0.2, 0.25) is 5.02 Å². The number of nitriles is 3. The van der Waals surface area contributed by atoms with Gasteiger partial charge in [-0.1, -0.05) is 29.8 Å². The van der Waals surface area contributed by atoms with Gasteiger partial charge in [0, 0.05) is 29.9 Å². The second kappa shape index (κ2) is 6.26. The molecule has 1 aromatic carbocycles. The number of nitrogens with two attached hydrogens (primary N) is 1. The van der Waals surface area contributed by atoms with Crippen molar-refractivity contribution in [3.8, 4) is 18.2 Å². The predicted octanol–water partition coefficient (Wildman–Crippen LogP) is 2.70. The van der Waals surface area contributed by atoms with E-state index in [0.29, 0.717) is 18.1 Å². The molecule has 0 radical (unpaired) electrons. The molecule has 1 unspecified atom stereocenters. The highest BCUT2D eigenvalue weighted by Crippen LogP contribution is 2.54. The van der Waals surface area contributed by atoms with Crippen LogP contribution < -0.4 is 5.73 Å². The molecule has 6 heteroatoms. The van der Waals surface area contributed by atoms with Crippen molar-refractivity contribution in [2.45, 2.75) is 5.92 Å². The highest BCUT2D eigenvalue weighted by molar-refractivity contribution is 6.30. The van der Waals surface area contributed by atoms with Gasteiger partial charge >= 0.3 is 0 Å². The lowest BCUT2D eigenvalue weighted by atomic mass is 9.58. The van der Waals surface area contributed by atoms with E-state index in [0.717, 1.165) is 11.1 Å². The number of fused-ring (bicyclic) bond motifs is 1. The molecule has 25 heavy (non-hydrogen) atoms. The Kier molecular flexibility index (Phi) is 4.27. The lowest BCUT2D eigenvalue weighted by Gasteiger charge is -2.45. The molecule has 2 atom stereocenters. The first kappa shape index (κ1) is 17.1. The highest BCUT2D eigenvalue weighted by atomic mass is 35.5. The quantitative estimate of drug-likeness (QED) is 0.840. The van der Waals surface area contributed by atoms with Crippen molar-refractivity contribution in [2.24, 2.45) is 17.1 Å². The number of benzene rings is 1. The Labute approximate surface area is 151 Å². The first-order chi connectivity index (χ1) is 12.0. The maximum atomic E-state index is 9.92. The lowest BCUT2D eigenvalue weighted by Crippen LogP contribution is -2.47. The van der Waals surface area contributed by atoms with Crippen LogP contribution in [0.25, 0.3) is 0 Å². The summed E-state index contributed by atoms with van der Waals surface area (Å²) in [6.45, 7) is 1.32. The first-order valence-corrected chi connectivity index (χ1v) is 8.23. The van der Waals surface area contributed by atoms with Crippen molar-refractivity contribution in [2.75, 3.05) is 20.1 Å². The predicted molar refractivity (Wildman–Crippen MR) is 93.7 cm³/mol. The Morgan fingerprint density at radius 1 is 1.28 bits per heavy atom. The van der Waals surface area contributed by atoms with Gasteiger partial charge in [0.15, 0.2) is 5.41 Å². The average molecular weight is 350 g/mol. The van der Waals surface area contributed by atoms with Gasteiger partial charge in [0.1, 0.15) is 6.07 Å². The van der Waals surface area contributed by atoms with Crippen LogP contribution in [0.5, 0.6) is 0 Å². The molecule has 0 aromatic heterocycles. The van der Waals surface area contributed by atoms with E-state index in [2.05, 4.69) is 23.1 Å². The van der Waals surface area contributed by atoms with E-state index >= 15 is 0 Å². The summed E-state index contributed by atoms with van der Waals surface area (Å²) in [5.41, 5.74) is 6.53. The topological polar surface area (TPSA) is 101 Å². The number of allylic oxidation sites excluding steroid dienone is 2. The summed E-state index contributed by atoms with van der Waals surface area (Å²) >= 11 is 6.15. The third-order valence-corrected chi connectivity index (χ3v) is 5.29. The van der Waals surface area contributed by atoms with Crippen molar-refractivity contribution in [1.82, 2.24) is 4.90 Å². The van der Waals surface area contributed by atoms with Gasteiger partial charge < -0.3 is 10.6 Å². The Morgan fingerprint density at radius 2 is 2.00 bits per heavy atom. The fourth-order valence-corrected chi connectivity index (χ4v) is 4.10. The van der Waals surface area contributed by atoms with Gasteiger partial charge in [-0.15, -0.1) is 0 Å². The maximum absolute atomic E-state index is 9.92. The van der Waals surface area contributed by atoms with Crippen LogP contribution in [0.3, 0.4) is 0 Å². The number of nitrogens with zero attached hydrogens (tertiary/aromatic N) is 4. The van der Waals surface area contributed by atoms with Crippen molar-refractivity contribution in [3.63, 3.8) is 0 Å². The molecule has 0 fully saturated rings. The number of likely N-dealkylation sites (N-methyl/N-ethyl adjacent to an activating group) is 1. The average Bonchev–Trinajstić information content (AvgIpc) is 2.61. The summed E-state index contributed by atoms with van der Waals surface area (Å²) in [6.07, 6.45) is 1.97. The second-order valence-electron chi connectivity index (χ2n) is 6.45. The largest absolute Gasteiger partial charge is 0.399 e. The zero-order chi connectivity index (χ0) is 18.2. The van der Waals surface area contributed by atoms with Crippen molar-refractivity contribution >= 4 is 11.6 Å². The van der Waals surface area contributed by atoms with E-state index in [1.807, 2.05) is 19.2 Å². The zero-order valence-electron chi connectivity index (χ0n) is 13.7. The molecular weight excluding hydrogens is 334 g/mol. The van der Waals surface area contributed by atoms with Crippen molar-refractivity contribution in [1.29, 1.82) is 15.8 Å². The van der Waals surface area contributed by atoms with Crippen LogP contribution >= 0.6 is 11.6 Å². The number of rotatable bonds is 1. The summed E-state index contributed by atoms with van der Waals surface area (Å²) < 4.78 is 0. The summed E-state index contributed by atoms with van der Waals surface area (Å²) in [5.74, 6) is -0.675. The smallest absolute Gasteiger partial charge is 0.191 e. The van der Waals surface area contributed by atoms with Crippen LogP contribution in [0, 0.1) is 45.3 Å². The molecule has 0 bridgehead atoms. The highest BCUT2D eigenvalue weighted by Gasteiger charge is 2.54. The normalized spacial score (nSPS) is 25.2. The Hall–Kier alpha value is -2.78. The minimum atomic E-state index is -1.60. The van der Waals surface area contributed by atoms with Crippen LogP contribution in [0.4, 0.5) is 0 Å². The number of hydrogen-bond acceptors (Lipinski definition) is 5. The molecule has 1 aliphatic carbocycles. The molecule has 2 aliphatic rings. The van der Waals surface area contributed by atoms with Crippen LogP contribution in [0.15, 0.2) is 47.2 Å². The Morgan fingerprint density at radius 3 is 2.60 bits per heavy atom. The van der Waals surface area contributed by atoms with Crippen LogP contribution in [-0.4, -0.2) is 25.0 Å². The molecular formula is C19H16ClN5. The third kappa shape index (κ3) is 2.48. The summed E-state index contributed by atoms with van der Waals surface area (Å²) in [6, 6.07) is 13.5. The van der Waals surface area contributed by atoms with Gasteiger partial charge in [0.05, 0.1) is 23.4 Å². The zero-order valence-corrected chi connectivity index (χ0v) is 14.5. The van der Waals surface area contributed by atoms with E-state index in [1.54, 1.807) is 18.2 Å². The maximum Gasteiger partial charge on any atom is 0.191 e. The molecule has 5 nitrogen and oxygen atoms in total. The minimum Gasteiger partial charge on any atom is -0.399 e. The molecule has 124 valence electrons. The van der Waals surface area contributed by atoms with E-state index in [9.17, 15) is 15.8 Å². The minimum absolute atomic E-state index is 0.0389. The summed E-state index contributed by atoms with van der Waals surface area (Å²) in [5, 5.41) is 30.0. The Balaban J connectivity index is 2.34. The van der Waals surface area contributed by atoms with Gasteiger partial charge in [-0.05, 0) is 30.3 Å². The van der Waals surface area contributed by atoms with Crippen LogP contribution in [-0.2, 0) is 0 Å². The fourth-order valence-electron chi connectivity index (χ4n) is 3.90. The van der Waals surface area contributed by atoms with E-state index in [1.165, 1.54) is 0 Å². The molecule has 0 amide bonds. The number of hydrogen-bond donors (Lipinski definition) is 1. The lowest BCUT2D eigenvalue weighted by molar-refractivity contribution is 0.237. The van der Waals surface area contributed by atoms with Gasteiger partial charge in [-0.25, -0.2) is 0 Å². The van der Waals surface area contributed by atoms with Crippen LogP contribution in [0.1, 0.15) is 11.5 Å². The molecule has 0 saturated heterocycles. The molecule has 0 saturated carbocycles. The van der Waals surface area contributed by atoms with E-state index < -0.39 is 11.3 Å². The fraction of sp³-hybridized carbons (Fsp3) is 0.316. The van der Waals surface area contributed by atoms with Gasteiger partial charge in [-0.3, -0.25) is 0 Å². The van der Waals surface area contributed by atoms with E-state index in [-0.39, 0.29) is 17.2 Å². The molecule has 0 spiro atoms. The van der Waals surface area contributed by atoms with Gasteiger partial charge in [0.2, 0.25) is 0 Å². The first-order valence-electron chi connectivity index (χ1n) is 7.85. The number of halogens is 1. The molecule has 1 aromatic rings. The Bertz CT molecular complexity index is 895. The molecule has 1 aliphatic heterocycles.